The molecule has 24 heavy (non-hydrogen) atoms. The van der Waals surface area contributed by atoms with Crippen molar-refractivity contribution in [2.24, 2.45) is 22.7 Å². The van der Waals surface area contributed by atoms with Gasteiger partial charge in [0.15, 0.2) is 10.8 Å². The van der Waals surface area contributed by atoms with E-state index in [1.54, 1.807) is 0 Å². The van der Waals surface area contributed by atoms with E-state index in [-0.39, 0.29) is 18.8 Å². The van der Waals surface area contributed by atoms with E-state index >= 15 is 0 Å². The molecule has 0 bridgehead atoms. The standard InChI is InChI=1S/C16H22O8/c17-11(18)15(12(19)20)8-4-7-10(9-5-2-1-3-6-9)16(15,13(21)22)14(23)24/h9-10H,1-8H2,(H,17,18)(H,19,20)(H,21,22)(H,23,24). The molecule has 8 nitrogen and oxygen atoms in total. The maximum absolute atomic E-state index is 12.1. The van der Waals surface area contributed by atoms with Gasteiger partial charge in [-0.15, -0.1) is 0 Å². The molecule has 0 radical (unpaired) electrons. The van der Waals surface area contributed by atoms with Crippen molar-refractivity contribution >= 4 is 23.9 Å². The zero-order valence-electron chi connectivity index (χ0n) is 13.2. The number of carboxylic acid groups (broad SMARTS) is 4. The Balaban J connectivity index is 2.71. The molecular weight excluding hydrogens is 320 g/mol. The summed E-state index contributed by atoms with van der Waals surface area (Å²) in [5.41, 5.74) is -5.71. The molecule has 0 aliphatic heterocycles. The van der Waals surface area contributed by atoms with Crippen molar-refractivity contribution in [2.45, 2.75) is 51.4 Å². The van der Waals surface area contributed by atoms with Crippen LogP contribution in [0.4, 0.5) is 0 Å². The number of rotatable bonds is 5. The number of aliphatic carboxylic acids is 4. The first-order chi connectivity index (χ1) is 11.2. The summed E-state index contributed by atoms with van der Waals surface area (Å²) in [5.74, 6) is -8.80. The number of hydrogen-bond donors (Lipinski definition) is 4. The molecule has 1 atom stereocenters. The van der Waals surface area contributed by atoms with E-state index in [0.29, 0.717) is 12.8 Å². The SMILES string of the molecule is O=C(O)C1(C(=O)O)CCCC(C2CCCCC2)C1(C(=O)O)C(=O)O. The maximum Gasteiger partial charge on any atom is 0.323 e. The molecule has 2 saturated carbocycles. The van der Waals surface area contributed by atoms with Gasteiger partial charge < -0.3 is 20.4 Å². The van der Waals surface area contributed by atoms with Crippen molar-refractivity contribution < 1.29 is 39.6 Å². The largest absolute Gasteiger partial charge is 0.480 e. The molecule has 2 aliphatic rings. The van der Waals surface area contributed by atoms with E-state index in [4.69, 9.17) is 0 Å². The summed E-state index contributed by atoms with van der Waals surface area (Å²) in [7, 11) is 0. The van der Waals surface area contributed by atoms with E-state index in [1.165, 1.54) is 0 Å². The molecule has 134 valence electrons. The van der Waals surface area contributed by atoms with Crippen LogP contribution in [0.15, 0.2) is 0 Å². The van der Waals surface area contributed by atoms with Crippen molar-refractivity contribution in [3.63, 3.8) is 0 Å². The van der Waals surface area contributed by atoms with Crippen LogP contribution < -0.4 is 0 Å². The molecule has 0 aromatic heterocycles. The van der Waals surface area contributed by atoms with E-state index in [9.17, 15) is 39.6 Å². The fourth-order valence-electron chi connectivity index (χ4n) is 4.86. The minimum Gasteiger partial charge on any atom is -0.480 e. The first-order valence-corrected chi connectivity index (χ1v) is 8.16. The monoisotopic (exact) mass is 342 g/mol. The van der Waals surface area contributed by atoms with Gasteiger partial charge in [-0.2, -0.15) is 0 Å². The minimum atomic E-state index is -2.86. The molecular formula is C16H22O8. The van der Waals surface area contributed by atoms with Crippen LogP contribution in [0.1, 0.15) is 51.4 Å². The minimum absolute atomic E-state index is 0.183. The molecule has 2 aliphatic carbocycles. The molecule has 0 aromatic carbocycles. The fraction of sp³-hybridized carbons (Fsp3) is 0.750. The van der Waals surface area contributed by atoms with Gasteiger partial charge in [0.05, 0.1) is 0 Å². The predicted molar refractivity (Wildman–Crippen MR) is 79.3 cm³/mol. The molecule has 0 heterocycles. The van der Waals surface area contributed by atoms with E-state index in [0.717, 1.165) is 19.3 Å². The summed E-state index contributed by atoms with van der Waals surface area (Å²) in [4.78, 5) is 47.9. The van der Waals surface area contributed by atoms with Crippen LogP contribution in [0, 0.1) is 22.7 Å². The summed E-state index contributed by atoms with van der Waals surface area (Å²) in [6.45, 7) is 0. The third-order valence-corrected chi connectivity index (χ3v) is 5.92. The Morgan fingerprint density at radius 3 is 1.58 bits per heavy atom. The van der Waals surface area contributed by atoms with E-state index < -0.39 is 47.0 Å². The molecule has 2 fully saturated rings. The summed E-state index contributed by atoms with van der Waals surface area (Å²) < 4.78 is 0. The third kappa shape index (κ3) is 2.27. The Morgan fingerprint density at radius 1 is 0.667 bits per heavy atom. The van der Waals surface area contributed by atoms with Crippen molar-refractivity contribution in [2.75, 3.05) is 0 Å². The van der Waals surface area contributed by atoms with Crippen LogP contribution in [0.5, 0.6) is 0 Å². The molecule has 0 spiro atoms. The predicted octanol–water partition coefficient (Wildman–Crippen LogP) is 1.68. The summed E-state index contributed by atoms with van der Waals surface area (Å²) in [6, 6.07) is 0. The lowest BCUT2D eigenvalue weighted by Crippen LogP contribution is -2.67. The van der Waals surface area contributed by atoms with Gasteiger partial charge in [-0.1, -0.05) is 38.5 Å². The number of carboxylic acids is 4. The van der Waals surface area contributed by atoms with Gasteiger partial charge in [-0.25, -0.2) is 0 Å². The normalized spacial score (nSPS) is 26.4. The highest BCUT2D eigenvalue weighted by molar-refractivity contribution is 6.13. The molecule has 1 unspecified atom stereocenters. The highest BCUT2D eigenvalue weighted by atomic mass is 16.4. The summed E-state index contributed by atoms with van der Waals surface area (Å²) >= 11 is 0. The number of hydrogen-bond acceptors (Lipinski definition) is 4. The molecule has 0 amide bonds. The Morgan fingerprint density at radius 2 is 1.17 bits per heavy atom. The summed E-state index contributed by atoms with van der Waals surface area (Å²) in [6.07, 6.45) is 3.67. The van der Waals surface area contributed by atoms with Crippen LogP contribution in [0.3, 0.4) is 0 Å². The summed E-state index contributed by atoms with van der Waals surface area (Å²) in [5, 5.41) is 38.8. The van der Waals surface area contributed by atoms with Crippen molar-refractivity contribution in [3.05, 3.63) is 0 Å². The maximum atomic E-state index is 12.1. The van der Waals surface area contributed by atoms with E-state index in [2.05, 4.69) is 0 Å². The Labute approximate surface area is 138 Å². The average molecular weight is 342 g/mol. The molecule has 2 rings (SSSR count). The van der Waals surface area contributed by atoms with Gasteiger partial charge in [0.1, 0.15) is 0 Å². The third-order valence-electron chi connectivity index (χ3n) is 5.92. The van der Waals surface area contributed by atoms with Crippen LogP contribution in [0.2, 0.25) is 0 Å². The molecule has 0 saturated heterocycles. The van der Waals surface area contributed by atoms with Gasteiger partial charge in [0.25, 0.3) is 0 Å². The second kappa shape index (κ2) is 6.41. The Kier molecular flexibility index (Phi) is 4.87. The molecule has 8 heteroatoms. The Hall–Kier alpha value is -2.12. The van der Waals surface area contributed by atoms with E-state index in [1.807, 2.05) is 0 Å². The van der Waals surface area contributed by atoms with Crippen molar-refractivity contribution in [3.8, 4) is 0 Å². The average Bonchev–Trinajstić information content (AvgIpc) is 2.53. The first-order valence-electron chi connectivity index (χ1n) is 8.16. The van der Waals surface area contributed by atoms with Crippen LogP contribution in [-0.2, 0) is 19.2 Å². The lowest BCUT2D eigenvalue weighted by molar-refractivity contribution is -0.210. The van der Waals surface area contributed by atoms with Crippen molar-refractivity contribution in [1.82, 2.24) is 0 Å². The lowest BCUT2D eigenvalue weighted by atomic mass is 9.47. The van der Waals surface area contributed by atoms with Crippen LogP contribution in [-0.4, -0.2) is 44.3 Å². The topological polar surface area (TPSA) is 149 Å². The van der Waals surface area contributed by atoms with Gasteiger partial charge in [-0.3, -0.25) is 19.2 Å². The highest BCUT2D eigenvalue weighted by Gasteiger charge is 2.76. The van der Waals surface area contributed by atoms with Crippen LogP contribution in [0.25, 0.3) is 0 Å². The van der Waals surface area contributed by atoms with Gasteiger partial charge in [-0.05, 0) is 24.7 Å². The lowest BCUT2D eigenvalue weighted by Gasteiger charge is -2.50. The smallest absolute Gasteiger partial charge is 0.323 e. The van der Waals surface area contributed by atoms with Gasteiger partial charge in [0, 0.05) is 0 Å². The second-order valence-electron chi connectivity index (χ2n) is 6.83. The first kappa shape index (κ1) is 18.2. The van der Waals surface area contributed by atoms with Crippen molar-refractivity contribution in [1.29, 1.82) is 0 Å². The zero-order chi connectivity index (χ0) is 18.1. The van der Waals surface area contributed by atoms with Crippen LogP contribution >= 0.6 is 0 Å². The van der Waals surface area contributed by atoms with Gasteiger partial charge >= 0.3 is 23.9 Å². The highest BCUT2D eigenvalue weighted by Crippen LogP contribution is 2.58. The molecule has 0 aromatic rings. The zero-order valence-corrected chi connectivity index (χ0v) is 13.2. The Bertz CT molecular complexity index is 532. The molecule has 4 N–H and O–H groups in total. The van der Waals surface area contributed by atoms with Gasteiger partial charge in [0.2, 0.25) is 0 Å². The quantitative estimate of drug-likeness (QED) is 0.551. The fourth-order valence-corrected chi connectivity index (χ4v) is 4.86. The second-order valence-corrected chi connectivity index (χ2v) is 6.83. The number of carbonyl (C=O) groups is 4.